The van der Waals surface area contributed by atoms with Crippen molar-refractivity contribution in [1.29, 1.82) is 0 Å². The topological polar surface area (TPSA) is 84.7 Å². The summed E-state index contributed by atoms with van der Waals surface area (Å²) in [6.45, 7) is 1.84. The molecule has 21 heavy (non-hydrogen) atoms. The van der Waals surface area contributed by atoms with Crippen LogP contribution in [0.4, 0.5) is 18.9 Å². The van der Waals surface area contributed by atoms with E-state index in [1.807, 2.05) is 6.92 Å². The number of aromatic amines is 1. The maximum atomic E-state index is 12.6. The Kier molecular flexibility index (Phi) is 4.16. The van der Waals surface area contributed by atoms with Gasteiger partial charge in [-0.15, -0.1) is 5.10 Å². The standard InChI is InChI=1S/C11H9F3N4O2S/c1-2-9-15-10(17-16-9)21-8-4-3-6(11(12,13)14)5-7(8)18(19)20/h3-5H,2H2,1H3,(H,15,16,17). The third-order valence-corrected chi connectivity index (χ3v) is 3.46. The first-order chi connectivity index (χ1) is 9.81. The average Bonchev–Trinajstić information content (AvgIpc) is 2.85. The first-order valence-electron chi connectivity index (χ1n) is 5.76. The predicted octanol–water partition coefficient (Wildman–Crippen LogP) is 3.45. The second-order valence-corrected chi connectivity index (χ2v) is 4.97. The highest BCUT2D eigenvalue weighted by molar-refractivity contribution is 7.99. The van der Waals surface area contributed by atoms with Gasteiger partial charge in [0.15, 0.2) is 0 Å². The Morgan fingerprint density at radius 3 is 2.67 bits per heavy atom. The summed E-state index contributed by atoms with van der Waals surface area (Å²) in [5.74, 6) is 0.590. The van der Waals surface area contributed by atoms with Crippen molar-refractivity contribution in [3.05, 3.63) is 39.7 Å². The van der Waals surface area contributed by atoms with Crippen LogP contribution in [0.15, 0.2) is 28.3 Å². The lowest BCUT2D eigenvalue weighted by Gasteiger charge is -2.07. The van der Waals surface area contributed by atoms with Crippen LogP contribution in [0.2, 0.25) is 0 Å². The molecule has 0 radical (unpaired) electrons. The highest BCUT2D eigenvalue weighted by Gasteiger charge is 2.33. The van der Waals surface area contributed by atoms with Crippen LogP contribution in [0.3, 0.4) is 0 Å². The molecule has 6 nitrogen and oxygen atoms in total. The van der Waals surface area contributed by atoms with Crippen molar-refractivity contribution >= 4 is 17.4 Å². The van der Waals surface area contributed by atoms with Crippen LogP contribution >= 0.6 is 11.8 Å². The zero-order chi connectivity index (χ0) is 15.6. The van der Waals surface area contributed by atoms with Crippen molar-refractivity contribution in [3.8, 4) is 0 Å². The number of aryl methyl sites for hydroxylation is 1. The Bertz CT molecular complexity index is 672. The number of benzene rings is 1. The van der Waals surface area contributed by atoms with Gasteiger partial charge in [0.25, 0.3) is 5.69 Å². The van der Waals surface area contributed by atoms with Crippen molar-refractivity contribution in [2.45, 2.75) is 29.6 Å². The van der Waals surface area contributed by atoms with Crippen molar-refractivity contribution in [2.75, 3.05) is 0 Å². The molecular weight excluding hydrogens is 309 g/mol. The summed E-state index contributed by atoms with van der Waals surface area (Å²) in [5, 5.41) is 17.6. The molecule has 0 fully saturated rings. The lowest BCUT2D eigenvalue weighted by atomic mass is 10.2. The summed E-state index contributed by atoms with van der Waals surface area (Å²) >= 11 is 0.836. The Hall–Kier alpha value is -2.10. The molecule has 0 aliphatic heterocycles. The molecule has 10 heteroatoms. The fraction of sp³-hybridized carbons (Fsp3) is 0.273. The van der Waals surface area contributed by atoms with E-state index in [0.717, 1.165) is 23.9 Å². The summed E-state index contributed by atoms with van der Waals surface area (Å²) < 4.78 is 37.7. The van der Waals surface area contributed by atoms with Crippen LogP contribution in [-0.2, 0) is 12.6 Å². The number of H-pyrrole nitrogens is 1. The van der Waals surface area contributed by atoms with Gasteiger partial charge in [-0.05, 0) is 23.9 Å². The Morgan fingerprint density at radius 1 is 1.43 bits per heavy atom. The van der Waals surface area contributed by atoms with Gasteiger partial charge >= 0.3 is 6.18 Å². The molecule has 2 rings (SSSR count). The summed E-state index contributed by atoms with van der Waals surface area (Å²) in [4.78, 5) is 14.2. The number of nitrogens with one attached hydrogen (secondary N) is 1. The largest absolute Gasteiger partial charge is 0.416 e. The van der Waals surface area contributed by atoms with Crippen LogP contribution in [0.5, 0.6) is 0 Å². The molecule has 0 saturated carbocycles. The molecule has 0 spiro atoms. The van der Waals surface area contributed by atoms with E-state index in [1.165, 1.54) is 0 Å². The summed E-state index contributed by atoms with van der Waals surface area (Å²) in [6.07, 6.45) is -4.03. The lowest BCUT2D eigenvalue weighted by molar-refractivity contribution is -0.388. The van der Waals surface area contributed by atoms with E-state index in [9.17, 15) is 23.3 Å². The van der Waals surface area contributed by atoms with Gasteiger partial charge in [0.05, 0.1) is 15.4 Å². The quantitative estimate of drug-likeness (QED) is 0.689. The maximum absolute atomic E-state index is 12.6. The minimum atomic E-state index is -4.63. The highest BCUT2D eigenvalue weighted by atomic mass is 32.2. The van der Waals surface area contributed by atoms with E-state index in [0.29, 0.717) is 18.3 Å². The molecule has 1 aromatic heterocycles. The fourth-order valence-electron chi connectivity index (χ4n) is 1.50. The number of nitrogens with zero attached hydrogens (tertiary/aromatic N) is 3. The predicted molar refractivity (Wildman–Crippen MR) is 68.0 cm³/mol. The van der Waals surface area contributed by atoms with Crippen molar-refractivity contribution in [1.82, 2.24) is 15.2 Å². The normalized spacial score (nSPS) is 11.6. The Morgan fingerprint density at radius 2 is 2.14 bits per heavy atom. The second-order valence-electron chi connectivity index (χ2n) is 3.96. The van der Waals surface area contributed by atoms with E-state index in [4.69, 9.17) is 0 Å². The molecule has 1 N–H and O–H groups in total. The summed E-state index contributed by atoms with van der Waals surface area (Å²) in [7, 11) is 0. The van der Waals surface area contributed by atoms with Crippen LogP contribution in [0, 0.1) is 10.1 Å². The Balaban J connectivity index is 2.36. The molecule has 1 heterocycles. The molecule has 1 aromatic carbocycles. The second kappa shape index (κ2) is 5.72. The molecule has 0 unspecified atom stereocenters. The first kappa shape index (κ1) is 15.3. The minimum Gasteiger partial charge on any atom is -0.262 e. The average molecular weight is 318 g/mol. The van der Waals surface area contributed by atoms with E-state index in [-0.39, 0.29) is 10.1 Å². The number of hydrogen-bond acceptors (Lipinski definition) is 5. The number of nitro groups is 1. The van der Waals surface area contributed by atoms with Gasteiger partial charge in [-0.1, -0.05) is 6.92 Å². The zero-order valence-corrected chi connectivity index (χ0v) is 11.5. The molecule has 0 aliphatic rings. The lowest BCUT2D eigenvalue weighted by Crippen LogP contribution is -2.05. The summed E-state index contributed by atoms with van der Waals surface area (Å²) in [5.41, 5.74) is -1.69. The van der Waals surface area contributed by atoms with E-state index >= 15 is 0 Å². The molecule has 2 aromatic rings. The van der Waals surface area contributed by atoms with E-state index in [2.05, 4.69) is 15.2 Å². The van der Waals surface area contributed by atoms with Crippen molar-refractivity contribution < 1.29 is 18.1 Å². The number of halogens is 3. The third kappa shape index (κ3) is 3.51. The number of nitro benzene ring substituents is 1. The van der Waals surface area contributed by atoms with E-state index < -0.39 is 22.4 Å². The van der Waals surface area contributed by atoms with Crippen molar-refractivity contribution in [2.24, 2.45) is 0 Å². The summed E-state index contributed by atoms with van der Waals surface area (Å²) in [6, 6.07) is 2.35. The molecule has 0 saturated heterocycles. The number of rotatable bonds is 4. The van der Waals surface area contributed by atoms with Gasteiger partial charge < -0.3 is 0 Å². The number of aromatic nitrogens is 3. The SMILES string of the molecule is CCc1nc(Sc2ccc(C(F)(F)F)cc2[N+](=O)[O-])n[nH]1. The molecular formula is C11H9F3N4O2S. The number of hydrogen-bond donors (Lipinski definition) is 1. The molecule has 0 amide bonds. The van der Waals surface area contributed by atoms with Crippen molar-refractivity contribution in [3.63, 3.8) is 0 Å². The molecule has 0 bridgehead atoms. The first-order valence-corrected chi connectivity index (χ1v) is 6.57. The molecule has 0 atom stereocenters. The van der Waals surface area contributed by atoms with Crippen LogP contribution in [0.25, 0.3) is 0 Å². The molecule has 0 aliphatic carbocycles. The van der Waals surface area contributed by atoms with Crippen LogP contribution < -0.4 is 0 Å². The third-order valence-electron chi connectivity index (χ3n) is 2.53. The zero-order valence-electron chi connectivity index (χ0n) is 10.6. The fourth-order valence-corrected chi connectivity index (χ4v) is 2.32. The van der Waals surface area contributed by atoms with Gasteiger partial charge in [-0.25, -0.2) is 4.98 Å². The van der Waals surface area contributed by atoms with E-state index in [1.54, 1.807) is 0 Å². The Labute approximate surface area is 120 Å². The van der Waals surface area contributed by atoms with Gasteiger partial charge in [0.1, 0.15) is 5.82 Å². The smallest absolute Gasteiger partial charge is 0.262 e. The van der Waals surface area contributed by atoms with Crippen LogP contribution in [-0.4, -0.2) is 20.1 Å². The van der Waals surface area contributed by atoms with Gasteiger partial charge in [0, 0.05) is 12.5 Å². The van der Waals surface area contributed by atoms with Gasteiger partial charge in [-0.2, -0.15) is 13.2 Å². The van der Waals surface area contributed by atoms with Gasteiger partial charge in [-0.3, -0.25) is 15.2 Å². The monoisotopic (exact) mass is 318 g/mol. The highest BCUT2D eigenvalue weighted by Crippen LogP contribution is 2.38. The molecule has 112 valence electrons. The van der Waals surface area contributed by atoms with Gasteiger partial charge in [0.2, 0.25) is 5.16 Å². The number of alkyl halides is 3. The maximum Gasteiger partial charge on any atom is 0.416 e. The minimum absolute atomic E-state index is 0.0506. The van der Waals surface area contributed by atoms with Crippen LogP contribution in [0.1, 0.15) is 18.3 Å².